The summed E-state index contributed by atoms with van der Waals surface area (Å²) in [6, 6.07) is 22.6. The minimum Gasteiger partial charge on any atom is -0.454 e. The Labute approximate surface area is 213 Å². The second-order valence-corrected chi connectivity index (χ2v) is 8.93. The standard InChI is InChI=1S/C27H17FN4O4S/c28-19-8-10-20(11-9-19)30-27-31(24(15-37-27)22-7-3-5-17-4-1-2-6-21(17)22)29-14-18-12-25-26(36-16-35-25)13-23(18)32(33)34/h1-15H,16H2. The molecule has 0 spiro atoms. The number of hydrogen-bond acceptors (Lipinski definition) is 7. The van der Waals surface area contributed by atoms with Crippen molar-refractivity contribution in [2.24, 2.45) is 10.1 Å². The lowest BCUT2D eigenvalue weighted by Gasteiger charge is -2.08. The van der Waals surface area contributed by atoms with Crippen LogP contribution in [0.1, 0.15) is 5.56 Å². The number of halogens is 1. The van der Waals surface area contributed by atoms with Crippen molar-refractivity contribution in [1.82, 2.24) is 4.68 Å². The van der Waals surface area contributed by atoms with E-state index in [1.807, 2.05) is 47.8 Å². The first-order chi connectivity index (χ1) is 18.1. The fraction of sp³-hybridized carbons (Fsp3) is 0.0370. The molecule has 0 atom stereocenters. The van der Waals surface area contributed by atoms with Gasteiger partial charge >= 0.3 is 0 Å². The van der Waals surface area contributed by atoms with Gasteiger partial charge in [0.25, 0.3) is 5.69 Å². The highest BCUT2D eigenvalue weighted by Crippen LogP contribution is 2.37. The number of hydrogen-bond donors (Lipinski definition) is 0. The molecule has 1 aliphatic rings. The van der Waals surface area contributed by atoms with Crippen LogP contribution < -0.4 is 14.3 Å². The molecular weight excluding hydrogens is 495 g/mol. The van der Waals surface area contributed by atoms with Gasteiger partial charge in [-0.25, -0.2) is 14.1 Å². The summed E-state index contributed by atoms with van der Waals surface area (Å²) < 4.78 is 25.8. The highest BCUT2D eigenvalue weighted by atomic mass is 32.1. The Balaban J connectivity index is 1.54. The Morgan fingerprint density at radius 2 is 1.76 bits per heavy atom. The summed E-state index contributed by atoms with van der Waals surface area (Å²) in [6.07, 6.45) is 1.41. The predicted octanol–water partition coefficient (Wildman–Crippen LogP) is 6.26. The van der Waals surface area contributed by atoms with Gasteiger partial charge in [0.2, 0.25) is 11.6 Å². The average Bonchev–Trinajstić information content (AvgIpc) is 3.54. The molecule has 37 heavy (non-hydrogen) atoms. The number of fused-ring (bicyclic) bond motifs is 2. The van der Waals surface area contributed by atoms with Crippen molar-refractivity contribution in [3.8, 4) is 22.8 Å². The highest BCUT2D eigenvalue weighted by molar-refractivity contribution is 7.07. The zero-order valence-corrected chi connectivity index (χ0v) is 19.9. The molecule has 0 saturated heterocycles. The van der Waals surface area contributed by atoms with Crippen LogP contribution in [0, 0.1) is 15.9 Å². The van der Waals surface area contributed by atoms with Crippen LogP contribution in [0.3, 0.4) is 0 Å². The molecule has 0 saturated carbocycles. The maximum Gasteiger partial charge on any atom is 0.282 e. The number of thiazole rings is 1. The van der Waals surface area contributed by atoms with Crippen LogP contribution in [0.15, 0.2) is 94.3 Å². The van der Waals surface area contributed by atoms with Gasteiger partial charge in [-0.1, -0.05) is 42.5 Å². The van der Waals surface area contributed by atoms with Crippen LogP contribution in [0.5, 0.6) is 11.5 Å². The minimum atomic E-state index is -0.489. The molecule has 0 amide bonds. The van der Waals surface area contributed by atoms with Crippen LogP contribution in [0.4, 0.5) is 15.8 Å². The third kappa shape index (κ3) is 4.34. The molecular formula is C27H17FN4O4S. The number of nitro benzene ring substituents is 1. The number of aromatic nitrogens is 1. The number of nitro groups is 1. The van der Waals surface area contributed by atoms with Crippen LogP contribution in [0.2, 0.25) is 0 Å². The third-order valence-corrected chi connectivity index (χ3v) is 6.65. The molecule has 5 aromatic rings. The SMILES string of the molecule is O=[N+]([O-])c1cc2c(cc1C=Nn1c(-c3cccc4ccccc34)csc1=Nc1ccc(F)cc1)OCO2. The molecule has 4 aromatic carbocycles. The van der Waals surface area contributed by atoms with Gasteiger partial charge in [-0.05, 0) is 41.1 Å². The average molecular weight is 513 g/mol. The van der Waals surface area contributed by atoms with Gasteiger partial charge in [0.05, 0.1) is 34.1 Å². The smallest absolute Gasteiger partial charge is 0.282 e. The molecule has 10 heteroatoms. The normalized spacial score (nSPS) is 13.1. The Kier molecular flexibility index (Phi) is 5.70. The molecule has 0 unspecified atom stereocenters. The molecule has 0 aliphatic carbocycles. The molecule has 182 valence electrons. The van der Waals surface area contributed by atoms with Gasteiger partial charge in [0, 0.05) is 10.9 Å². The maximum absolute atomic E-state index is 13.4. The Bertz CT molecular complexity index is 1750. The Hall–Kier alpha value is -4.83. The van der Waals surface area contributed by atoms with E-state index in [0.29, 0.717) is 22.0 Å². The van der Waals surface area contributed by atoms with Gasteiger partial charge < -0.3 is 9.47 Å². The number of ether oxygens (including phenoxy) is 2. The molecule has 6 rings (SSSR count). The number of benzene rings is 4. The fourth-order valence-corrected chi connectivity index (χ4v) is 4.92. The van der Waals surface area contributed by atoms with Gasteiger partial charge in [0.15, 0.2) is 11.5 Å². The number of nitrogens with zero attached hydrogens (tertiary/aromatic N) is 4. The van der Waals surface area contributed by atoms with E-state index in [2.05, 4.69) is 10.1 Å². The first-order valence-corrected chi connectivity index (χ1v) is 12.1. The van der Waals surface area contributed by atoms with E-state index in [9.17, 15) is 14.5 Å². The summed E-state index contributed by atoms with van der Waals surface area (Å²) in [4.78, 5) is 16.4. The summed E-state index contributed by atoms with van der Waals surface area (Å²) in [5.41, 5.74) is 2.32. The van der Waals surface area contributed by atoms with Crippen molar-refractivity contribution in [1.29, 1.82) is 0 Å². The van der Waals surface area contributed by atoms with Crippen molar-refractivity contribution in [3.63, 3.8) is 0 Å². The summed E-state index contributed by atoms with van der Waals surface area (Å²) in [6.45, 7) is -0.00169. The molecule has 0 radical (unpaired) electrons. The topological polar surface area (TPSA) is 91.2 Å². The van der Waals surface area contributed by atoms with Crippen molar-refractivity contribution in [2.75, 3.05) is 6.79 Å². The van der Waals surface area contributed by atoms with Crippen LogP contribution in [0.25, 0.3) is 22.0 Å². The van der Waals surface area contributed by atoms with E-state index < -0.39 is 4.92 Å². The van der Waals surface area contributed by atoms with Gasteiger partial charge in [-0.15, -0.1) is 11.3 Å². The maximum atomic E-state index is 13.4. The molecule has 1 aliphatic heterocycles. The highest BCUT2D eigenvalue weighted by Gasteiger charge is 2.22. The summed E-state index contributed by atoms with van der Waals surface area (Å²) in [7, 11) is 0. The molecule has 8 nitrogen and oxygen atoms in total. The lowest BCUT2D eigenvalue weighted by molar-refractivity contribution is -0.385. The molecule has 1 aromatic heterocycles. The van der Waals surface area contributed by atoms with E-state index in [-0.39, 0.29) is 23.9 Å². The molecule has 0 bridgehead atoms. The van der Waals surface area contributed by atoms with Crippen LogP contribution in [-0.2, 0) is 0 Å². The van der Waals surface area contributed by atoms with Crippen LogP contribution in [-0.4, -0.2) is 22.6 Å². The quantitative estimate of drug-likeness (QED) is 0.158. The Morgan fingerprint density at radius 1 is 1.00 bits per heavy atom. The first-order valence-electron chi connectivity index (χ1n) is 11.2. The Morgan fingerprint density at radius 3 is 2.57 bits per heavy atom. The second-order valence-electron chi connectivity index (χ2n) is 8.10. The molecule has 2 heterocycles. The van der Waals surface area contributed by atoms with Crippen molar-refractivity contribution >= 4 is 39.7 Å². The van der Waals surface area contributed by atoms with Crippen molar-refractivity contribution in [2.45, 2.75) is 0 Å². The van der Waals surface area contributed by atoms with E-state index in [4.69, 9.17) is 9.47 Å². The van der Waals surface area contributed by atoms with Crippen LogP contribution >= 0.6 is 11.3 Å². The zero-order chi connectivity index (χ0) is 25.4. The zero-order valence-electron chi connectivity index (χ0n) is 19.1. The summed E-state index contributed by atoms with van der Waals surface area (Å²) >= 11 is 1.35. The molecule has 0 N–H and O–H groups in total. The number of rotatable bonds is 5. The fourth-order valence-electron chi connectivity index (χ4n) is 4.08. The van der Waals surface area contributed by atoms with Gasteiger partial charge in [-0.3, -0.25) is 10.1 Å². The monoisotopic (exact) mass is 512 g/mol. The van der Waals surface area contributed by atoms with E-state index in [1.165, 1.54) is 41.8 Å². The predicted molar refractivity (Wildman–Crippen MR) is 139 cm³/mol. The lowest BCUT2D eigenvalue weighted by Crippen LogP contribution is -2.12. The van der Waals surface area contributed by atoms with Gasteiger partial charge in [-0.2, -0.15) is 5.10 Å². The second kappa shape index (κ2) is 9.32. The van der Waals surface area contributed by atoms with Gasteiger partial charge in [0.1, 0.15) is 5.82 Å². The minimum absolute atomic E-state index is 0.00169. The van der Waals surface area contributed by atoms with E-state index in [0.717, 1.165) is 22.0 Å². The lowest BCUT2D eigenvalue weighted by atomic mass is 10.0. The van der Waals surface area contributed by atoms with Crippen molar-refractivity contribution in [3.05, 3.63) is 111 Å². The third-order valence-electron chi connectivity index (χ3n) is 5.83. The summed E-state index contributed by atoms with van der Waals surface area (Å²) in [5, 5.41) is 20.4. The van der Waals surface area contributed by atoms with Crippen molar-refractivity contribution < 1.29 is 18.8 Å². The first kappa shape index (κ1) is 22.6. The van der Waals surface area contributed by atoms with E-state index >= 15 is 0 Å². The van der Waals surface area contributed by atoms with E-state index in [1.54, 1.807) is 16.8 Å². The summed E-state index contributed by atoms with van der Waals surface area (Å²) in [5.74, 6) is 0.367. The largest absolute Gasteiger partial charge is 0.454 e. The molecule has 0 fully saturated rings.